The minimum absolute atomic E-state index is 0.0626. The number of likely N-dealkylation sites (N-methyl/N-ethyl adjacent to an activating group) is 1. The largest absolute Gasteiger partial charge is 0.347 e. The summed E-state index contributed by atoms with van der Waals surface area (Å²) >= 11 is 0. The van der Waals surface area contributed by atoms with Crippen LogP contribution >= 0.6 is 0 Å². The van der Waals surface area contributed by atoms with E-state index in [1.54, 1.807) is 36.7 Å². The second kappa shape index (κ2) is 5.25. The molecule has 0 aliphatic rings. The first kappa shape index (κ1) is 11.3. The lowest BCUT2D eigenvalue weighted by Crippen LogP contribution is -2.28. The SMILES string of the molecule is CN(Cc1ncc[nH]1)C(=O)Cc1ccncc1. The molecule has 2 rings (SSSR count). The van der Waals surface area contributed by atoms with Crippen molar-refractivity contribution in [3.05, 3.63) is 48.3 Å². The number of H-pyrrole nitrogens is 1. The third-order valence-electron chi connectivity index (χ3n) is 2.47. The maximum Gasteiger partial charge on any atom is 0.227 e. The molecule has 1 amide bonds. The number of rotatable bonds is 4. The quantitative estimate of drug-likeness (QED) is 0.852. The van der Waals surface area contributed by atoms with Gasteiger partial charge in [0.2, 0.25) is 5.91 Å². The number of nitrogens with one attached hydrogen (secondary N) is 1. The third kappa shape index (κ3) is 3.14. The molecule has 0 spiro atoms. The van der Waals surface area contributed by atoms with Crippen LogP contribution in [0.2, 0.25) is 0 Å². The van der Waals surface area contributed by atoms with Crippen LogP contribution in [-0.2, 0) is 17.8 Å². The minimum Gasteiger partial charge on any atom is -0.347 e. The van der Waals surface area contributed by atoms with Crippen molar-refractivity contribution in [1.29, 1.82) is 0 Å². The molecule has 1 N–H and O–H groups in total. The fourth-order valence-corrected chi connectivity index (χ4v) is 1.51. The third-order valence-corrected chi connectivity index (χ3v) is 2.47. The summed E-state index contributed by atoms with van der Waals surface area (Å²) in [4.78, 5) is 24.5. The number of imidazole rings is 1. The number of carbonyl (C=O) groups is 1. The van der Waals surface area contributed by atoms with Crippen molar-refractivity contribution in [2.45, 2.75) is 13.0 Å². The minimum atomic E-state index is 0.0626. The fourth-order valence-electron chi connectivity index (χ4n) is 1.51. The van der Waals surface area contributed by atoms with Crippen LogP contribution in [-0.4, -0.2) is 32.8 Å². The van der Waals surface area contributed by atoms with Gasteiger partial charge >= 0.3 is 0 Å². The highest BCUT2D eigenvalue weighted by molar-refractivity contribution is 5.78. The van der Waals surface area contributed by atoms with E-state index in [-0.39, 0.29) is 5.91 Å². The number of nitrogens with zero attached hydrogens (tertiary/aromatic N) is 3. The molecule has 5 heteroatoms. The second-order valence-electron chi connectivity index (χ2n) is 3.82. The molecule has 0 aliphatic carbocycles. The molecule has 88 valence electrons. The zero-order valence-corrected chi connectivity index (χ0v) is 9.63. The zero-order valence-electron chi connectivity index (χ0n) is 9.63. The molecule has 0 saturated heterocycles. The monoisotopic (exact) mass is 230 g/mol. The number of hydrogen-bond donors (Lipinski definition) is 1. The Kier molecular flexibility index (Phi) is 3.49. The van der Waals surface area contributed by atoms with Crippen LogP contribution in [0.1, 0.15) is 11.4 Å². The number of carbonyl (C=O) groups excluding carboxylic acids is 1. The van der Waals surface area contributed by atoms with Gasteiger partial charge in [0.15, 0.2) is 0 Å². The Morgan fingerprint density at radius 3 is 2.76 bits per heavy atom. The van der Waals surface area contributed by atoms with Gasteiger partial charge in [0.1, 0.15) is 5.82 Å². The summed E-state index contributed by atoms with van der Waals surface area (Å²) in [5.41, 5.74) is 0.969. The fraction of sp³-hybridized carbons (Fsp3) is 0.250. The molecule has 0 aromatic carbocycles. The van der Waals surface area contributed by atoms with Crippen LogP contribution in [0.5, 0.6) is 0 Å². The van der Waals surface area contributed by atoms with E-state index < -0.39 is 0 Å². The molecule has 0 radical (unpaired) electrons. The Morgan fingerprint density at radius 1 is 1.35 bits per heavy atom. The first-order valence-corrected chi connectivity index (χ1v) is 5.37. The molecule has 0 atom stereocenters. The number of aromatic nitrogens is 3. The van der Waals surface area contributed by atoms with Crippen molar-refractivity contribution in [2.24, 2.45) is 0 Å². The highest BCUT2D eigenvalue weighted by Gasteiger charge is 2.10. The van der Waals surface area contributed by atoms with Crippen molar-refractivity contribution in [3.63, 3.8) is 0 Å². The standard InChI is InChI=1S/C12H14N4O/c1-16(9-11-14-6-7-15-11)12(17)8-10-2-4-13-5-3-10/h2-7H,8-9H2,1H3,(H,14,15). The molecule has 5 nitrogen and oxygen atoms in total. The lowest BCUT2D eigenvalue weighted by Gasteiger charge is -2.15. The summed E-state index contributed by atoms with van der Waals surface area (Å²) < 4.78 is 0. The number of hydrogen-bond acceptors (Lipinski definition) is 3. The summed E-state index contributed by atoms with van der Waals surface area (Å²) in [6, 6.07) is 3.69. The van der Waals surface area contributed by atoms with Gasteiger partial charge in [-0.1, -0.05) is 0 Å². The topological polar surface area (TPSA) is 61.9 Å². The maximum absolute atomic E-state index is 11.9. The summed E-state index contributed by atoms with van der Waals surface area (Å²) in [5, 5.41) is 0. The molecule has 0 unspecified atom stereocenters. The van der Waals surface area contributed by atoms with Gasteiger partial charge in [-0.05, 0) is 17.7 Å². The lowest BCUT2D eigenvalue weighted by atomic mass is 10.2. The molecule has 2 heterocycles. The van der Waals surface area contributed by atoms with Gasteiger partial charge in [-0.25, -0.2) is 4.98 Å². The zero-order chi connectivity index (χ0) is 12.1. The van der Waals surface area contributed by atoms with Crippen LogP contribution in [0.3, 0.4) is 0 Å². The summed E-state index contributed by atoms with van der Waals surface area (Å²) in [6.45, 7) is 0.497. The van der Waals surface area contributed by atoms with Crippen LogP contribution in [0.25, 0.3) is 0 Å². The van der Waals surface area contributed by atoms with Crippen LogP contribution in [0, 0.1) is 0 Å². The Balaban J connectivity index is 1.92. The molecule has 0 bridgehead atoms. The molecular weight excluding hydrogens is 216 g/mol. The Labute approximate surface area is 99.5 Å². The van der Waals surface area contributed by atoms with E-state index in [1.807, 2.05) is 12.1 Å². The summed E-state index contributed by atoms with van der Waals surface area (Å²) in [5.74, 6) is 0.850. The van der Waals surface area contributed by atoms with E-state index in [0.717, 1.165) is 11.4 Å². The average molecular weight is 230 g/mol. The van der Waals surface area contributed by atoms with Gasteiger partial charge < -0.3 is 9.88 Å². The van der Waals surface area contributed by atoms with Gasteiger partial charge in [-0.15, -0.1) is 0 Å². The van der Waals surface area contributed by atoms with Gasteiger partial charge in [0.05, 0.1) is 13.0 Å². The normalized spacial score (nSPS) is 10.2. The molecule has 0 saturated carbocycles. The molecular formula is C12H14N4O. The predicted molar refractivity (Wildman–Crippen MR) is 63.0 cm³/mol. The van der Waals surface area contributed by atoms with Crippen LogP contribution in [0.15, 0.2) is 36.9 Å². The van der Waals surface area contributed by atoms with E-state index in [1.165, 1.54) is 0 Å². The number of aromatic amines is 1. The van der Waals surface area contributed by atoms with E-state index in [2.05, 4.69) is 15.0 Å². The number of pyridine rings is 1. The van der Waals surface area contributed by atoms with E-state index >= 15 is 0 Å². The van der Waals surface area contributed by atoms with Crippen LogP contribution < -0.4 is 0 Å². The number of amides is 1. The highest BCUT2D eigenvalue weighted by atomic mass is 16.2. The Morgan fingerprint density at radius 2 is 2.12 bits per heavy atom. The first-order chi connectivity index (χ1) is 8.25. The van der Waals surface area contributed by atoms with Gasteiger partial charge in [-0.2, -0.15) is 0 Å². The van der Waals surface area contributed by atoms with Crippen LogP contribution in [0.4, 0.5) is 0 Å². The molecule has 2 aromatic heterocycles. The molecule has 0 fully saturated rings. The molecule has 0 aliphatic heterocycles. The Hall–Kier alpha value is -2.17. The highest BCUT2D eigenvalue weighted by Crippen LogP contribution is 2.02. The van der Waals surface area contributed by atoms with Crippen molar-refractivity contribution >= 4 is 5.91 Å². The summed E-state index contributed by atoms with van der Waals surface area (Å²) in [7, 11) is 1.77. The van der Waals surface area contributed by atoms with Gasteiger partial charge in [0.25, 0.3) is 0 Å². The van der Waals surface area contributed by atoms with Gasteiger partial charge in [0, 0.05) is 31.8 Å². The van der Waals surface area contributed by atoms with E-state index in [4.69, 9.17) is 0 Å². The van der Waals surface area contributed by atoms with Crippen molar-refractivity contribution in [2.75, 3.05) is 7.05 Å². The first-order valence-electron chi connectivity index (χ1n) is 5.37. The second-order valence-corrected chi connectivity index (χ2v) is 3.82. The maximum atomic E-state index is 11.9. The van der Waals surface area contributed by atoms with Gasteiger partial charge in [-0.3, -0.25) is 9.78 Å². The summed E-state index contributed by atoms with van der Waals surface area (Å²) in [6.07, 6.45) is 7.19. The van der Waals surface area contributed by atoms with Crippen molar-refractivity contribution < 1.29 is 4.79 Å². The van der Waals surface area contributed by atoms with Crippen molar-refractivity contribution in [3.8, 4) is 0 Å². The predicted octanol–water partition coefficient (Wildman–Crippen LogP) is 1.01. The average Bonchev–Trinajstić information content (AvgIpc) is 2.83. The smallest absolute Gasteiger partial charge is 0.227 e. The van der Waals surface area contributed by atoms with E-state index in [0.29, 0.717) is 13.0 Å². The van der Waals surface area contributed by atoms with Crippen molar-refractivity contribution in [1.82, 2.24) is 19.9 Å². The molecule has 2 aromatic rings. The Bertz CT molecular complexity index is 467. The van der Waals surface area contributed by atoms with E-state index in [9.17, 15) is 4.79 Å². The molecule has 17 heavy (non-hydrogen) atoms. The lowest BCUT2D eigenvalue weighted by molar-refractivity contribution is -0.129.